The molecule has 1 aliphatic rings. The molecular formula is C19H16BFN4S2. The zero-order valence-corrected chi connectivity index (χ0v) is 16.4. The summed E-state index contributed by atoms with van der Waals surface area (Å²) in [6.45, 7) is 0.226. The van der Waals surface area contributed by atoms with E-state index in [9.17, 15) is 4.39 Å². The van der Waals surface area contributed by atoms with Gasteiger partial charge < -0.3 is 0 Å². The Morgan fingerprint density at radius 3 is 2.81 bits per heavy atom. The lowest BCUT2D eigenvalue weighted by Crippen LogP contribution is -2.18. The minimum Gasteiger partial charge on any atom is -0.274 e. The lowest BCUT2D eigenvalue weighted by atomic mass is 9.42. The molecule has 1 fully saturated rings. The number of thiophene rings is 1. The fraction of sp³-hybridized carbons (Fsp3) is 0.316. The third-order valence-corrected chi connectivity index (χ3v) is 7.72. The Morgan fingerprint density at radius 1 is 1.26 bits per heavy atom. The van der Waals surface area contributed by atoms with Gasteiger partial charge in [-0.25, -0.2) is 14.6 Å². The Kier molecular flexibility index (Phi) is 4.03. The van der Waals surface area contributed by atoms with Crippen molar-refractivity contribution in [3.8, 4) is 16.5 Å². The van der Waals surface area contributed by atoms with E-state index in [-0.39, 0.29) is 12.5 Å². The van der Waals surface area contributed by atoms with Gasteiger partial charge in [-0.15, -0.1) is 22.7 Å². The van der Waals surface area contributed by atoms with E-state index >= 15 is 0 Å². The van der Waals surface area contributed by atoms with E-state index in [0.717, 1.165) is 46.3 Å². The number of rotatable bonds is 2. The monoisotopic (exact) mass is 394 g/mol. The van der Waals surface area contributed by atoms with Crippen LogP contribution >= 0.6 is 22.7 Å². The third-order valence-electron chi connectivity index (χ3n) is 5.34. The highest BCUT2D eigenvalue weighted by Gasteiger charge is 2.26. The molecule has 0 amide bonds. The van der Waals surface area contributed by atoms with E-state index in [0.29, 0.717) is 11.4 Å². The maximum absolute atomic E-state index is 14.4. The van der Waals surface area contributed by atoms with E-state index in [1.165, 1.54) is 15.6 Å². The zero-order valence-electron chi connectivity index (χ0n) is 14.8. The summed E-state index contributed by atoms with van der Waals surface area (Å²) in [7, 11) is 1.80. The van der Waals surface area contributed by atoms with Crippen molar-refractivity contribution >= 4 is 49.8 Å². The number of fused-ring (bicyclic) bond motifs is 2. The summed E-state index contributed by atoms with van der Waals surface area (Å²) in [6.07, 6.45) is 5.99. The molecule has 1 aromatic carbocycles. The second kappa shape index (κ2) is 6.43. The lowest BCUT2D eigenvalue weighted by Gasteiger charge is -2.21. The van der Waals surface area contributed by atoms with Gasteiger partial charge in [0.25, 0.3) is 6.71 Å². The van der Waals surface area contributed by atoms with Gasteiger partial charge in [-0.1, -0.05) is 25.5 Å². The lowest BCUT2D eigenvalue weighted by molar-refractivity contribution is 0.621. The second-order valence-corrected chi connectivity index (χ2v) is 9.31. The van der Waals surface area contributed by atoms with E-state index in [1.54, 1.807) is 34.4 Å². The smallest absolute Gasteiger partial charge is 0.267 e. The fourth-order valence-corrected chi connectivity index (χ4v) is 6.30. The molecule has 4 aromatic rings. The van der Waals surface area contributed by atoms with Crippen molar-refractivity contribution in [1.29, 1.82) is 5.26 Å². The van der Waals surface area contributed by atoms with Gasteiger partial charge in [-0.05, 0) is 24.1 Å². The standard InChI is InChI=1S/C19H16BFN4S2/c1-25-9-13-6-12(7-14(21)17(13)24-25)18-23-19-16(27-18)8-15(26-19)11-2-4-20(10-22)5-3-11/h6-9,11H,2-5H2,1H3. The van der Waals surface area contributed by atoms with Crippen LogP contribution in [0.4, 0.5) is 4.39 Å². The molecule has 4 heterocycles. The molecule has 0 bridgehead atoms. The highest BCUT2D eigenvalue weighted by Crippen LogP contribution is 2.42. The topological polar surface area (TPSA) is 54.5 Å². The van der Waals surface area contributed by atoms with Gasteiger partial charge in [-0.3, -0.25) is 4.68 Å². The summed E-state index contributed by atoms with van der Waals surface area (Å²) in [5.74, 6) is 2.64. The molecule has 0 N–H and O–H groups in total. The van der Waals surface area contributed by atoms with E-state index in [1.807, 2.05) is 12.3 Å². The minimum atomic E-state index is -0.309. The number of nitrogens with zero attached hydrogens (tertiary/aromatic N) is 4. The van der Waals surface area contributed by atoms with Gasteiger partial charge in [0.2, 0.25) is 0 Å². The van der Waals surface area contributed by atoms with Gasteiger partial charge in [0, 0.05) is 35.0 Å². The summed E-state index contributed by atoms with van der Waals surface area (Å²) in [6, 6.07) is 5.73. The van der Waals surface area contributed by atoms with Crippen molar-refractivity contribution in [2.24, 2.45) is 7.05 Å². The predicted molar refractivity (Wildman–Crippen MR) is 110 cm³/mol. The normalized spacial score (nSPS) is 15.7. The molecule has 134 valence electrons. The Hall–Kier alpha value is -2.24. The molecule has 3 aromatic heterocycles. The number of benzene rings is 1. The first-order chi connectivity index (χ1) is 13.1. The average molecular weight is 394 g/mol. The molecule has 0 aliphatic carbocycles. The second-order valence-electron chi connectivity index (χ2n) is 7.21. The van der Waals surface area contributed by atoms with Crippen LogP contribution in [0.15, 0.2) is 24.4 Å². The van der Waals surface area contributed by atoms with Crippen molar-refractivity contribution in [2.45, 2.75) is 31.4 Å². The van der Waals surface area contributed by atoms with E-state index in [2.05, 4.69) is 17.1 Å². The molecule has 8 heteroatoms. The third kappa shape index (κ3) is 2.95. The number of halogens is 1. The summed E-state index contributed by atoms with van der Waals surface area (Å²) in [5.41, 5.74) is 1.20. The molecule has 4 nitrogen and oxygen atoms in total. The van der Waals surface area contributed by atoms with E-state index in [4.69, 9.17) is 10.2 Å². The average Bonchev–Trinajstić information content (AvgIpc) is 3.34. The first-order valence-corrected chi connectivity index (χ1v) is 10.7. The van der Waals surface area contributed by atoms with Crippen molar-refractivity contribution in [1.82, 2.24) is 14.8 Å². The quantitative estimate of drug-likeness (QED) is 0.423. The summed E-state index contributed by atoms with van der Waals surface area (Å²) < 4.78 is 17.2. The highest BCUT2D eigenvalue weighted by molar-refractivity contribution is 7.28. The van der Waals surface area contributed by atoms with Gasteiger partial charge in [0.05, 0.1) is 4.70 Å². The Bertz CT molecular complexity index is 1160. The number of aryl methyl sites for hydroxylation is 1. The molecule has 0 radical (unpaired) electrons. The minimum absolute atomic E-state index is 0.226. The molecule has 0 atom stereocenters. The van der Waals surface area contributed by atoms with Gasteiger partial charge >= 0.3 is 0 Å². The molecule has 27 heavy (non-hydrogen) atoms. The SMILES string of the molecule is Cn1cc2cc(-c3nc4sc(C5CCB(C#N)CC5)cc4s3)cc(F)c2n1. The molecule has 0 unspecified atom stereocenters. The van der Waals surface area contributed by atoms with Crippen molar-refractivity contribution in [3.63, 3.8) is 0 Å². The Labute approximate surface area is 164 Å². The van der Waals surface area contributed by atoms with Crippen LogP contribution in [-0.2, 0) is 7.05 Å². The molecular weight excluding hydrogens is 378 g/mol. The largest absolute Gasteiger partial charge is 0.274 e. The molecule has 1 aliphatic heterocycles. The summed E-state index contributed by atoms with van der Waals surface area (Å²) >= 11 is 3.36. The van der Waals surface area contributed by atoms with Gasteiger partial charge in [0.1, 0.15) is 15.4 Å². The first-order valence-electron chi connectivity index (χ1n) is 9.04. The van der Waals surface area contributed by atoms with Crippen molar-refractivity contribution in [3.05, 3.63) is 35.1 Å². The van der Waals surface area contributed by atoms with Crippen LogP contribution in [0.1, 0.15) is 23.6 Å². The molecule has 0 spiro atoms. The number of hydrogen-bond donors (Lipinski definition) is 0. The first kappa shape index (κ1) is 16.9. The Balaban J connectivity index is 1.46. The highest BCUT2D eigenvalue weighted by atomic mass is 32.1. The van der Waals surface area contributed by atoms with Crippen LogP contribution in [-0.4, -0.2) is 21.5 Å². The van der Waals surface area contributed by atoms with Crippen LogP contribution in [0.25, 0.3) is 31.0 Å². The molecule has 1 saturated heterocycles. The van der Waals surface area contributed by atoms with Gasteiger partial charge in [-0.2, -0.15) is 5.10 Å². The van der Waals surface area contributed by atoms with Crippen LogP contribution in [0.2, 0.25) is 12.6 Å². The summed E-state index contributed by atoms with van der Waals surface area (Å²) in [4.78, 5) is 7.18. The van der Waals surface area contributed by atoms with Crippen molar-refractivity contribution < 1.29 is 4.39 Å². The zero-order chi connectivity index (χ0) is 18.5. The van der Waals surface area contributed by atoms with Gasteiger partial charge in [0.15, 0.2) is 5.82 Å². The molecule has 0 saturated carbocycles. The van der Waals surface area contributed by atoms with Crippen LogP contribution in [0, 0.1) is 17.0 Å². The number of nitriles is 1. The fourth-order valence-electron chi connectivity index (χ4n) is 3.92. The van der Waals surface area contributed by atoms with Crippen LogP contribution in [0.5, 0.6) is 0 Å². The van der Waals surface area contributed by atoms with Crippen molar-refractivity contribution in [2.75, 3.05) is 0 Å². The predicted octanol–water partition coefficient (Wildman–Crippen LogP) is 5.49. The molecule has 5 rings (SSSR count). The number of hydrogen-bond acceptors (Lipinski definition) is 5. The Morgan fingerprint density at radius 2 is 2.07 bits per heavy atom. The maximum atomic E-state index is 14.4. The van der Waals surface area contributed by atoms with E-state index < -0.39 is 0 Å². The maximum Gasteiger partial charge on any atom is 0.267 e. The van der Waals surface area contributed by atoms with Crippen LogP contribution < -0.4 is 0 Å². The van der Waals surface area contributed by atoms with Crippen LogP contribution in [0.3, 0.4) is 0 Å². The number of aromatic nitrogens is 3. The number of thiazole rings is 1. The summed E-state index contributed by atoms with van der Waals surface area (Å²) in [5, 5.41) is 14.9.